The molecule has 5 aromatic rings. The fourth-order valence-electron chi connectivity index (χ4n) is 5.88. The highest BCUT2D eigenvalue weighted by atomic mass is 16.2. The van der Waals surface area contributed by atoms with Gasteiger partial charge in [-0.1, -0.05) is 25.1 Å². The number of hydrogen-bond donors (Lipinski definition) is 1. The zero-order valence-corrected chi connectivity index (χ0v) is 22.5. The minimum atomic E-state index is 0.0689. The number of carbonyl (C=O) groups is 1. The van der Waals surface area contributed by atoms with Crippen molar-refractivity contribution in [1.29, 1.82) is 0 Å². The summed E-state index contributed by atoms with van der Waals surface area (Å²) >= 11 is 0. The third-order valence-corrected chi connectivity index (χ3v) is 7.97. The summed E-state index contributed by atoms with van der Waals surface area (Å²) < 4.78 is 2.14. The van der Waals surface area contributed by atoms with Crippen LogP contribution in [0.25, 0.3) is 33.1 Å². The molecule has 1 saturated heterocycles. The highest BCUT2D eigenvalue weighted by molar-refractivity contribution is 5.97. The number of fused-ring (bicyclic) bond motifs is 2. The lowest BCUT2D eigenvalue weighted by Crippen LogP contribution is -2.40. The molecule has 7 nitrogen and oxygen atoms in total. The number of carbonyl (C=O) groups excluding carboxylic acids is 1. The summed E-state index contributed by atoms with van der Waals surface area (Å²) in [5.41, 5.74) is 7.24. The van der Waals surface area contributed by atoms with Crippen LogP contribution in [0.1, 0.15) is 44.2 Å². The van der Waals surface area contributed by atoms with Crippen LogP contribution in [0.15, 0.2) is 79.5 Å². The van der Waals surface area contributed by atoms with E-state index in [4.69, 9.17) is 4.98 Å². The van der Waals surface area contributed by atoms with Gasteiger partial charge >= 0.3 is 0 Å². The summed E-state index contributed by atoms with van der Waals surface area (Å²) in [7, 11) is 2.07. The summed E-state index contributed by atoms with van der Waals surface area (Å²) in [6.45, 7) is 3.66. The van der Waals surface area contributed by atoms with Crippen molar-refractivity contribution in [3.05, 3.63) is 85.1 Å². The maximum atomic E-state index is 12.5. The van der Waals surface area contributed by atoms with Gasteiger partial charge < -0.3 is 14.8 Å². The zero-order valence-electron chi connectivity index (χ0n) is 22.5. The van der Waals surface area contributed by atoms with E-state index >= 15 is 0 Å². The van der Waals surface area contributed by atoms with E-state index in [-0.39, 0.29) is 11.9 Å². The van der Waals surface area contributed by atoms with E-state index in [1.807, 2.05) is 23.4 Å². The SMILES string of the molecule is CCCC(=O)N1CCC(C(Nc2cc(-c3ccc4ccn(C)c4c3)c3nccnc3c2)c2cccnc2)CC1. The van der Waals surface area contributed by atoms with Gasteiger partial charge in [-0.3, -0.25) is 19.7 Å². The fourth-order valence-corrected chi connectivity index (χ4v) is 5.88. The topological polar surface area (TPSA) is 75.9 Å². The van der Waals surface area contributed by atoms with Gasteiger partial charge in [0.05, 0.1) is 17.1 Å². The Bertz CT molecular complexity index is 1600. The average molecular weight is 519 g/mol. The molecule has 0 spiro atoms. The van der Waals surface area contributed by atoms with Gasteiger partial charge in [-0.25, -0.2) is 0 Å². The molecule has 3 aromatic heterocycles. The Kier molecular flexibility index (Phi) is 6.97. The number of aryl methyl sites for hydroxylation is 1. The number of likely N-dealkylation sites (tertiary alicyclic amines) is 1. The summed E-state index contributed by atoms with van der Waals surface area (Å²) in [5.74, 6) is 0.648. The molecule has 0 bridgehead atoms. The number of benzene rings is 2. The smallest absolute Gasteiger partial charge is 0.222 e. The molecule has 39 heavy (non-hydrogen) atoms. The number of pyridine rings is 1. The van der Waals surface area contributed by atoms with Gasteiger partial charge in [-0.05, 0) is 72.0 Å². The number of piperidine rings is 1. The molecule has 1 aliphatic heterocycles. The minimum Gasteiger partial charge on any atom is -0.378 e. The second-order valence-corrected chi connectivity index (χ2v) is 10.5. The predicted octanol–water partition coefficient (Wildman–Crippen LogP) is 6.38. The van der Waals surface area contributed by atoms with E-state index in [0.717, 1.165) is 65.8 Å². The van der Waals surface area contributed by atoms with E-state index in [2.05, 4.69) is 82.5 Å². The van der Waals surface area contributed by atoms with E-state index in [1.54, 1.807) is 12.4 Å². The summed E-state index contributed by atoms with van der Waals surface area (Å²) in [4.78, 5) is 28.3. The lowest BCUT2D eigenvalue weighted by molar-refractivity contribution is -0.132. The average Bonchev–Trinajstić information content (AvgIpc) is 3.36. The molecule has 0 radical (unpaired) electrons. The third-order valence-electron chi connectivity index (χ3n) is 7.97. The van der Waals surface area contributed by atoms with Crippen LogP contribution in [0.5, 0.6) is 0 Å². The van der Waals surface area contributed by atoms with E-state index < -0.39 is 0 Å². The lowest BCUT2D eigenvalue weighted by Gasteiger charge is -2.37. The minimum absolute atomic E-state index is 0.0689. The summed E-state index contributed by atoms with van der Waals surface area (Å²) in [6, 6.07) is 17.2. The van der Waals surface area contributed by atoms with E-state index in [0.29, 0.717) is 12.3 Å². The summed E-state index contributed by atoms with van der Waals surface area (Å²) in [6.07, 6.45) is 12.8. The molecule has 7 heteroatoms. The molecule has 4 heterocycles. The first kappa shape index (κ1) is 25.0. The van der Waals surface area contributed by atoms with Crippen molar-refractivity contribution in [2.45, 2.75) is 38.6 Å². The number of nitrogens with zero attached hydrogens (tertiary/aromatic N) is 5. The molecule has 1 N–H and O–H groups in total. The van der Waals surface area contributed by atoms with Crippen LogP contribution in [0.4, 0.5) is 5.69 Å². The molecular formula is C32H34N6O. The Hall–Kier alpha value is -4.26. The van der Waals surface area contributed by atoms with Crippen molar-refractivity contribution < 1.29 is 4.79 Å². The molecule has 1 unspecified atom stereocenters. The van der Waals surface area contributed by atoms with Crippen molar-refractivity contribution in [3.63, 3.8) is 0 Å². The van der Waals surface area contributed by atoms with Crippen molar-refractivity contribution in [1.82, 2.24) is 24.4 Å². The van der Waals surface area contributed by atoms with Crippen LogP contribution in [0, 0.1) is 5.92 Å². The molecule has 6 rings (SSSR count). The Morgan fingerprint density at radius 1 is 1.05 bits per heavy atom. The van der Waals surface area contributed by atoms with Crippen LogP contribution < -0.4 is 5.32 Å². The molecular weight excluding hydrogens is 484 g/mol. The predicted molar refractivity (Wildman–Crippen MR) is 156 cm³/mol. The van der Waals surface area contributed by atoms with Gasteiger partial charge in [0, 0.05) is 74.3 Å². The quantitative estimate of drug-likeness (QED) is 0.271. The van der Waals surface area contributed by atoms with Gasteiger partial charge in [0.25, 0.3) is 0 Å². The summed E-state index contributed by atoms with van der Waals surface area (Å²) in [5, 5.41) is 5.08. The van der Waals surface area contributed by atoms with Crippen LogP contribution in [-0.2, 0) is 11.8 Å². The van der Waals surface area contributed by atoms with Gasteiger partial charge in [0.15, 0.2) is 0 Å². The molecule has 0 aliphatic carbocycles. The van der Waals surface area contributed by atoms with Crippen LogP contribution in [0.2, 0.25) is 0 Å². The molecule has 0 saturated carbocycles. The Labute approximate surface area is 228 Å². The van der Waals surface area contributed by atoms with Crippen molar-refractivity contribution in [3.8, 4) is 11.1 Å². The normalized spacial score (nSPS) is 15.1. The number of hydrogen-bond acceptors (Lipinski definition) is 5. The first-order valence-corrected chi connectivity index (χ1v) is 13.8. The molecule has 2 aromatic carbocycles. The molecule has 1 fully saturated rings. The number of amides is 1. The number of anilines is 1. The van der Waals surface area contributed by atoms with Crippen LogP contribution in [0.3, 0.4) is 0 Å². The molecule has 1 aliphatic rings. The van der Waals surface area contributed by atoms with Crippen molar-refractivity contribution in [2.24, 2.45) is 13.0 Å². The monoisotopic (exact) mass is 518 g/mol. The second kappa shape index (κ2) is 10.8. The Morgan fingerprint density at radius 3 is 2.69 bits per heavy atom. The van der Waals surface area contributed by atoms with E-state index in [1.165, 1.54) is 10.9 Å². The van der Waals surface area contributed by atoms with Crippen molar-refractivity contribution in [2.75, 3.05) is 18.4 Å². The second-order valence-electron chi connectivity index (χ2n) is 10.5. The first-order valence-electron chi connectivity index (χ1n) is 13.8. The molecule has 1 atom stereocenters. The lowest BCUT2D eigenvalue weighted by atomic mass is 9.85. The maximum absolute atomic E-state index is 12.5. The van der Waals surface area contributed by atoms with Crippen LogP contribution in [-0.4, -0.2) is 43.4 Å². The van der Waals surface area contributed by atoms with Gasteiger partial charge in [-0.15, -0.1) is 0 Å². The molecule has 1 amide bonds. The fraction of sp³-hybridized carbons (Fsp3) is 0.312. The number of nitrogens with one attached hydrogen (secondary N) is 1. The largest absolute Gasteiger partial charge is 0.378 e. The Balaban J connectivity index is 1.36. The molecule has 198 valence electrons. The highest BCUT2D eigenvalue weighted by Gasteiger charge is 2.29. The highest BCUT2D eigenvalue weighted by Crippen LogP contribution is 2.37. The third kappa shape index (κ3) is 5.09. The van der Waals surface area contributed by atoms with Crippen LogP contribution >= 0.6 is 0 Å². The van der Waals surface area contributed by atoms with Gasteiger partial charge in [0.1, 0.15) is 0 Å². The Morgan fingerprint density at radius 2 is 1.90 bits per heavy atom. The van der Waals surface area contributed by atoms with E-state index in [9.17, 15) is 4.79 Å². The standard InChI is InChI=1S/C32H34N6O/c1-3-5-30(39)38-16-10-23(11-17-38)31(25-6-4-12-33-21-25)36-26-19-27(32-28(20-26)34-13-14-35-32)24-8-7-22-9-15-37(2)29(22)18-24/h4,6-9,12-15,18-21,23,31,36H,3,5,10-11,16-17H2,1-2H3. The van der Waals surface area contributed by atoms with Gasteiger partial charge in [0.2, 0.25) is 5.91 Å². The van der Waals surface area contributed by atoms with Gasteiger partial charge in [-0.2, -0.15) is 0 Å². The number of aromatic nitrogens is 4. The number of rotatable bonds is 7. The maximum Gasteiger partial charge on any atom is 0.222 e. The van der Waals surface area contributed by atoms with Crippen molar-refractivity contribution >= 4 is 33.5 Å². The first-order chi connectivity index (χ1) is 19.1. The zero-order chi connectivity index (χ0) is 26.8.